The molecular weight excluding hydrogens is 312 g/mol. The molecule has 0 aromatic heterocycles. The van der Waals surface area contributed by atoms with Gasteiger partial charge in [0, 0.05) is 0 Å². The zero-order valence-electron chi connectivity index (χ0n) is 5.68. The molecule has 0 aromatic carbocycles. The van der Waals surface area contributed by atoms with Gasteiger partial charge in [0.1, 0.15) is 0 Å². The van der Waals surface area contributed by atoms with Gasteiger partial charge in [-0.25, -0.2) is 27.4 Å². The van der Waals surface area contributed by atoms with E-state index in [1.54, 1.807) is 0 Å². The molecule has 2 N–H and O–H groups in total. The second-order valence-electron chi connectivity index (χ2n) is 0.966. The Hall–Kier alpha value is 1.14. The molecule has 76 valence electrons. The quantitative estimate of drug-likeness (QED) is 0.182. The van der Waals surface area contributed by atoms with Crippen molar-refractivity contribution in [1.29, 1.82) is 0 Å². The van der Waals surface area contributed by atoms with Crippen LogP contribution in [0.3, 0.4) is 0 Å². The van der Waals surface area contributed by atoms with Gasteiger partial charge >= 0.3 is 45.5 Å². The van der Waals surface area contributed by atoms with Crippen molar-refractivity contribution in [2.75, 3.05) is 0 Å². The molecule has 0 atom stereocenters. The molecule has 0 aliphatic carbocycles. The van der Waals surface area contributed by atoms with E-state index in [0.29, 0.717) is 0 Å². The minimum absolute atomic E-state index is 0. The van der Waals surface area contributed by atoms with E-state index in [9.17, 15) is 0 Å². The monoisotopic (exact) mass is 314 g/mol. The van der Waals surface area contributed by atoms with Gasteiger partial charge in [-0.1, -0.05) is 0 Å². The van der Waals surface area contributed by atoms with Crippen LogP contribution in [0.5, 0.6) is 0 Å². The van der Waals surface area contributed by atoms with Gasteiger partial charge in [0.25, 0.3) is 0 Å². The molecule has 0 bridgehead atoms. The minimum Gasteiger partial charge on any atom is -0.724 e. The van der Waals surface area contributed by atoms with Crippen molar-refractivity contribution in [3.05, 3.63) is 0 Å². The Labute approximate surface area is 110 Å². The van der Waals surface area contributed by atoms with E-state index in [2.05, 4.69) is 8.67 Å². The van der Waals surface area contributed by atoms with Crippen LogP contribution in [0.4, 0.5) is 0 Å². The average Bonchev–Trinajstić information content (AvgIpc) is 1.86. The summed E-state index contributed by atoms with van der Waals surface area (Å²) in [6, 6.07) is 0. The van der Waals surface area contributed by atoms with Crippen LogP contribution in [-0.4, -0.2) is 81.9 Å². The summed E-state index contributed by atoms with van der Waals surface area (Å²) >= 11 is 0. The third kappa shape index (κ3) is 32.0. The average molecular weight is 314 g/mol. The van der Waals surface area contributed by atoms with E-state index in [1.807, 2.05) is 0 Å². The van der Waals surface area contributed by atoms with Gasteiger partial charge in [-0.2, -0.15) is 0 Å². The molecule has 0 fully saturated rings. The van der Waals surface area contributed by atoms with Crippen molar-refractivity contribution < 1.29 is 45.1 Å². The molecule has 0 unspecified atom stereocenters. The molecule has 13 heteroatoms. The summed E-state index contributed by atoms with van der Waals surface area (Å²) in [4.78, 5) is 0. The Morgan fingerprint density at radius 2 is 0.923 bits per heavy atom. The van der Waals surface area contributed by atoms with E-state index in [0.717, 1.165) is 0 Å². The summed E-state index contributed by atoms with van der Waals surface area (Å²) in [5.74, 6) is 0. The first-order valence-corrected chi connectivity index (χ1v) is 4.37. The zero-order valence-corrected chi connectivity index (χ0v) is 10.8. The Morgan fingerprint density at radius 3 is 0.923 bits per heavy atom. The van der Waals surface area contributed by atoms with E-state index < -0.39 is 20.8 Å². The minimum atomic E-state index is -4.86. The molecule has 10 nitrogen and oxygen atoms in total. The number of hydrogen-bond acceptors (Lipinski definition) is 10. The molecule has 0 aromatic rings. The van der Waals surface area contributed by atoms with Crippen LogP contribution >= 0.6 is 0 Å². The first-order chi connectivity index (χ1) is 5.12. The Balaban J connectivity index is -0.000000143. The van der Waals surface area contributed by atoms with E-state index >= 15 is 0 Å². The third-order valence-corrected chi connectivity index (χ3v) is 0.548. The largest absolute Gasteiger partial charge is 2.00 e. The standard InChI is InChI=1S/2H2O5S.Sr/c2*1-5-6(2,3)4;/h2*1H,(H,2,3,4);/q;;+2/p-2. The summed E-state index contributed by atoms with van der Waals surface area (Å²) in [5.41, 5.74) is 0. The van der Waals surface area contributed by atoms with Crippen LogP contribution in [0.1, 0.15) is 0 Å². The fourth-order valence-electron chi connectivity index (χ4n) is 0. The van der Waals surface area contributed by atoms with E-state index in [4.69, 9.17) is 36.5 Å². The zero-order chi connectivity index (χ0) is 10.4. The molecule has 0 heterocycles. The SMILES string of the molecule is O=S(=O)([O-])OO.O=S(=O)([O-])OO.[Sr+2]. The molecule has 13 heavy (non-hydrogen) atoms. The van der Waals surface area contributed by atoms with Crippen LogP contribution < -0.4 is 0 Å². The molecule has 0 aliphatic heterocycles. The fraction of sp³-hybridized carbons (Fsp3) is 0. The fourth-order valence-corrected chi connectivity index (χ4v) is 0. The molecule has 0 amide bonds. The third-order valence-electron chi connectivity index (χ3n) is 0.183. The van der Waals surface area contributed by atoms with Gasteiger partial charge in [-0.3, -0.25) is 0 Å². The normalized spacial score (nSPS) is 10.8. The van der Waals surface area contributed by atoms with Gasteiger partial charge in [0.05, 0.1) is 0 Å². The van der Waals surface area contributed by atoms with Crippen molar-refractivity contribution in [2.24, 2.45) is 0 Å². The van der Waals surface area contributed by atoms with Crippen LogP contribution in [-0.2, 0) is 29.5 Å². The number of rotatable bonds is 2. The second-order valence-corrected chi connectivity index (χ2v) is 2.90. The summed E-state index contributed by atoms with van der Waals surface area (Å²) in [7, 11) is -9.71. The van der Waals surface area contributed by atoms with E-state index in [1.165, 1.54) is 0 Å². The van der Waals surface area contributed by atoms with Crippen molar-refractivity contribution in [1.82, 2.24) is 0 Å². The van der Waals surface area contributed by atoms with Gasteiger partial charge in [0.2, 0.25) is 20.8 Å². The van der Waals surface area contributed by atoms with Gasteiger partial charge in [0.15, 0.2) is 0 Å². The first kappa shape index (κ1) is 19.7. The Kier molecular flexibility index (Phi) is 12.8. The maximum absolute atomic E-state index is 8.97. The summed E-state index contributed by atoms with van der Waals surface area (Å²) in [6.07, 6.45) is 0. The smallest absolute Gasteiger partial charge is 0.724 e. The van der Waals surface area contributed by atoms with E-state index in [-0.39, 0.29) is 45.5 Å². The van der Waals surface area contributed by atoms with Gasteiger partial charge in [-0.15, -0.1) is 8.67 Å². The topological polar surface area (TPSA) is 173 Å². The molecule has 0 spiro atoms. The molecule has 0 aliphatic rings. The predicted molar refractivity (Wildman–Crippen MR) is 32.6 cm³/mol. The molecule has 0 saturated heterocycles. The van der Waals surface area contributed by atoms with Gasteiger partial charge in [-0.05, 0) is 0 Å². The molecular formula is H2O10S2Sr. The van der Waals surface area contributed by atoms with Crippen LogP contribution in [0, 0.1) is 0 Å². The predicted octanol–water partition coefficient (Wildman–Crippen LogP) is -2.51. The maximum Gasteiger partial charge on any atom is 2.00 e. The molecule has 0 saturated carbocycles. The van der Waals surface area contributed by atoms with Crippen LogP contribution in [0.25, 0.3) is 0 Å². The van der Waals surface area contributed by atoms with Crippen LogP contribution in [0.2, 0.25) is 0 Å². The summed E-state index contributed by atoms with van der Waals surface area (Å²) in [6.45, 7) is 0. The number of hydrogen-bond donors (Lipinski definition) is 2. The summed E-state index contributed by atoms with van der Waals surface area (Å²) in [5, 5.41) is 14.0. The summed E-state index contributed by atoms with van der Waals surface area (Å²) < 4.78 is 58.5. The molecule has 0 rings (SSSR count). The Morgan fingerprint density at radius 1 is 0.846 bits per heavy atom. The van der Waals surface area contributed by atoms with Gasteiger partial charge < -0.3 is 9.11 Å². The van der Waals surface area contributed by atoms with Crippen molar-refractivity contribution >= 4 is 66.3 Å². The second kappa shape index (κ2) is 8.45. The maximum atomic E-state index is 8.97. The van der Waals surface area contributed by atoms with Crippen LogP contribution in [0.15, 0.2) is 0 Å². The van der Waals surface area contributed by atoms with Crippen molar-refractivity contribution in [3.8, 4) is 0 Å². The molecule has 0 radical (unpaired) electrons. The Bertz CT molecular complexity index is 249. The first-order valence-electron chi connectivity index (χ1n) is 1.70. The van der Waals surface area contributed by atoms with Crippen molar-refractivity contribution in [3.63, 3.8) is 0 Å². The van der Waals surface area contributed by atoms with Crippen molar-refractivity contribution in [2.45, 2.75) is 0 Å².